The summed E-state index contributed by atoms with van der Waals surface area (Å²) < 4.78 is 286. The molecule has 0 fully saturated rings. The molecule has 266 valence electrons. The fourth-order valence-electron chi connectivity index (χ4n) is 2.30. The molecule has 0 saturated heterocycles. The van der Waals surface area contributed by atoms with Gasteiger partial charge < -0.3 is 9.47 Å². The summed E-state index contributed by atoms with van der Waals surface area (Å²) in [6.07, 6.45) is -6.90. The van der Waals surface area contributed by atoms with Crippen LogP contribution in [0.25, 0.3) is 0 Å². The topological polar surface area (TPSA) is 52.6 Å². The molecule has 0 saturated carbocycles. The maximum absolute atomic E-state index is 13.7. The van der Waals surface area contributed by atoms with Crippen molar-refractivity contribution < 1.29 is 111 Å². The van der Waals surface area contributed by atoms with E-state index < -0.39 is 77.6 Å². The lowest BCUT2D eigenvalue weighted by atomic mass is 9.85. The highest BCUT2D eigenvalue weighted by Gasteiger charge is 2.98. The van der Waals surface area contributed by atoms with Gasteiger partial charge in [-0.3, -0.25) is 0 Å². The summed E-state index contributed by atoms with van der Waals surface area (Å²) in [6.45, 7) is 6.74. The molecule has 45 heavy (non-hydrogen) atoms. The Morgan fingerprint density at radius 2 is 0.778 bits per heavy atom. The molecule has 0 radical (unpaired) electrons. The van der Waals surface area contributed by atoms with Crippen LogP contribution in [0.15, 0.2) is 24.8 Å². The van der Waals surface area contributed by atoms with Crippen molar-refractivity contribution in [2.45, 2.75) is 73.3 Å². The lowest BCUT2D eigenvalue weighted by molar-refractivity contribution is -0.473. The first kappa shape index (κ1) is 44.1. The van der Waals surface area contributed by atoms with Crippen molar-refractivity contribution in [3.8, 4) is 0 Å². The molecular weight excluding hydrogens is 703 g/mol. The normalized spacial score (nSPS) is 14.6. The smallest absolute Gasteiger partial charge is 0.460 e. The minimum Gasteiger partial charge on any atom is -0.463 e. The van der Waals surface area contributed by atoms with Gasteiger partial charge in [0, 0.05) is 6.08 Å². The maximum atomic E-state index is 13.7. The molecule has 0 aliphatic heterocycles. The molecule has 0 atom stereocenters. The molecule has 0 rings (SSSR count). The standard InChI is InChI=1S/C15H7F21O2.C5H8O2/c1-3-38-5(37)4(2)6(16,17)7(18,19)8(20,21)9(22,23)10(24,25)11(26,27)12(28,29)13(30,31)14(32,33)15(34,35)36;1-3-5(6)7-4-2/h2-3H2,1H3;3H,1,4H2,2H3. The Kier molecular flexibility index (Phi) is 12.7. The Bertz CT molecular complexity index is 1090. The highest BCUT2D eigenvalue weighted by atomic mass is 19.4. The molecule has 0 heterocycles. The van der Waals surface area contributed by atoms with Gasteiger partial charge in [-0.25, -0.2) is 9.59 Å². The summed E-state index contributed by atoms with van der Waals surface area (Å²) in [5.41, 5.74) is -3.27. The van der Waals surface area contributed by atoms with Crippen LogP contribution < -0.4 is 0 Å². The third kappa shape index (κ3) is 6.75. The van der Waals surface area contributed by atoms with Gasteiger partial charge in [0.1, 0.15) is 5.57 Å². The van der Waals surface area contributed by atoms with Gasteiger partial charge in [-0.1, -0.05) is 13.2 Å². The lowest BCUT2D eigenvalue weighted by Gasteiger charge is -2.44. The average molecular weight is 718 g/mol. The van der Waals surface area contributed by atoms with Crippen LogP contribution in [0.5, 0.6) is 0 Å². The predicted octanol–water partition coefficient (Wildman–Crippen LogP) is 8.12. The van der Waals surface area contributed by atoms with Gasteiger partial charge in [0.05, 0.1) is 13.2 Å². The van der Waals surface area contributed by atoms with Crippen LogP contribution in [0.3, 0.4) is 0 Å². The second-order valence-corrected chi connectivity index (χ2v) is 7.82. The van der Waals surface area contributed by atoms with Crippen LogP contribution in [0.1, 0.15) is 13.8 Å². The molecule has 25 heteroatoms. The molecular formula is C20H15F21O4. The van der Waals surface area contributed by atoms with Crippen LogP contribution in [0.2, 0.25) is 0 Å². The molecule has 0 aliphatic carbocycles. The van der Waals surface area contributed by atoms with Crippen molar-refractivity contribution in [2.24, 2.45) is 0 Å². The largest absolute Gasteiger partial charge is 0.463 e. The number of rotatable bonds is 13. The molecule has 0 amide bonds. The van der Waals surface area contributed by atoms with E-state index in [1.165, 1.54) is 0 Å². The minimum atomic E-state index is -9.26. The van der Waals surface area contributed by atoms with E-state index in [9.17, 15) is 102 Å². The highest BCUT2D eigenvalue weighted by molar-refractivity contribution is 5.90. The Morgan fingerprint density at radius 3 is 1.00 bits per heavy atom. The van der Waals surface area contributed by atoms with Crippen molar-refractivity contribution in [2.75, 3.05) is 13.2 Å². The molecule has 0 spiro atoms. The number of esters is 2. The predicted molar refractivity (Wildman–Crippen MR) is 103 cm³/mol. The van der Waals surface area contributed by atoms with E-state index in [1.807, 2.05) is 0 Å². The molecule has 0 bridgehead atoms. The Hall–Kier alpha value is -3.05. The van der Waals surface area contributed by atoms with Gasteiger partial charge >= 0.3 is 71.4 Å². The maximum Gasteiger partial charge on any atom is 0.460 e. The fraction of sp³-hybridized carbons (Fsp3) is 0.700. The first-order chi connectivity index (χ1) is 19.5. The van der Waals surface area contributed by atoms with Crippen molar-refractivity contribution >= 4 is 11.9 Å². The Balaban J connectivity index is 0. The number of hydrogen-bond acceptors (Lipinski definition) is 4. The van der Waals surface area contributed by atoms with Gasteiger partial charge in [0.15, 0.2) is 0 Å². The zero-order valence-corrected chi connectivity index (χ0v) is 21.5. The third-order valence-electron chi connectivity index (χ3n) is 4.86. The zero-order chi connectivity index (χ0) is 37.3. The second kappa shape index (κ2) is 13.0. The van der Waals surface area contributed by atoms with Crippen LogP contribution >= 0.6 is 0 Å². The minimum absolute atomic E-state index is 0.359. The molecule has 0 unspecified atom stereocenters. The van der Waals surface area contributed by atoms with Crippen LogP contribution in [-0.2, 0) is 19.1 Å². The zero-order valence-electron chi connectivity index (χ0n) is 21.5. The number of carbonyl (C=O) groups is 2. The summed E-state index contributed by atoms with van der Waals surface area (Å²) in [7, 11) is 0. The number of ether oxygens (including phenoxy) is 2. The molecule has 4 nitrogen and oxygen atoms in total. The molecule has 0 N–H and O–H groups in total. The van der Waals surface area contributed by atoms with E-state index >= 15 is 0 Å². The summed E-state index contributed by atoms with van der Waals surface area (Å²) in [6, 6.07) is 0. The van der Waals surface area contributed by atoms with Crippen molar-refractivity contribution in [3.05, 3.63) is 24.8 Å². The third-order valence-corrected chi connectivity index (χ3v) is 4.86. The quantitative estimate of drug-likeness (QED) is 0.110. The van der Waals surface area contributed by atoms with Gasteiger partial charge in [0.2, 0.25) is 0 Å². The lowest BCUT2D eigenvalue weighted by Crippen LogP contribution is -2.77. The highest BCUT2D eigenvalue weighted by Crippen LogP contribution is 2.66. The molecule has 0 aromatic heterocycles. The van der Waals surface area contributed by atoms with Crippen molar-refractivity contribution in [1.29, 1.82) is 0 Å². The van der Waals surface area contributed by atoms with Crippen LogP contribution in [0.4, 0.5) is 92.2 Å². The first-order valence-corrected chi connectivity index (χ1v) is 10.6. The Morgan fingerprint density at radius 1 is 0.511 bits per heavy atom. The first-order valence-electron chi connectivity index (χ1n) is 10.6. The fourth-order valence-corrected chi connectivity index (χ4v) is 2.30. The molecule has 0 aromatic carbocycles. The number of hydrogen-bond donors (Lipinski definition) is 0. The van der Waals surface area contributed by atoms with Crippen LogP contribution in [0, 0.1) is 0 Å². The monoisotopic (exact) mass is 718 g/mol. The molecule has 0 aromatic rings. The van der Waals surface area contributed by atoms with Crippen molar-refractivity contribution in [1.82, 2.24) is 0 Å². The summed E-state index contributed by atoms with van der Waals surface area (Å²) >= 11 is 0. The summed E-state index contributed by atoms with van der Waals surface area (Å²) in [5, 5.41) is 0. The number of alkyl halides is 21. The average Bonchev–Trinajstić information content (AvgIpc) is 2.87. The van der Waals surface area contributed by atoms with E-state index in [0.29, 0.717) is 13.5 Å². The summed E-state index contributed by atoms with van der Waals surface area (Å²) in [4.78, 5) is 21.1. The number of carbonyl (C=O) groups excluding carboxylic acids is 2. The van der Waals surface area contributed by atoms with E-state index in [1.54, 1.807) is 13.5 Å². The van der Waals surface area contributed by atoms with Gasteiger partial charge in [-0.2, -0.15) is 92.2 Å². The van der Waals surface area contributed by atoms with E-state index in [2.05, 4.69) is 16.1 Å². The van der Waals surface area contributed by atoms with E-state index in [-0.39, 0.29) is 5.97 Å². The van der Waals surface area contributed by atoms with Gasteiger partial charge in [0.25, 0.3) is 0 Å². The van der Waals surface area contributed by atoms with E-state index in [4.69, 9.17) is 0 Å². The van der Waals surface area contributed by atoms with Crippen molar-refractivity contribution in [3.63, 3.8) is 0 Å². The molecule has 0 aliphatic rings. The van der Waals surface area contributed by atoms with Gasteiger partial charge in [-0.05, 0) is 13.8 Å². The Labute approximate surface area is 235 Å². The summed E-state index contributed by atoms with van der Waals surface area (Å²) in [5.74, 6) is -81.7. The van der Waals surface area contributed by atoms with Gasteiger partial charge in [-0.15, -0.1) is 0 Å². The van der Waals surface area contributed by atoms with Crippen LogP contribution in [-0.4, -0.2) is 84.6 Å². The number of halogens is 21. The second-order valence-electron chi connectivity index (χ2n) is 7.82. The SMILES string of the molecule is C=C(C(=O)OCC)C(F)(F)C(F)(F)C(F)(F)C(F)(F)C(F)(F)C(F)(F)C(F)(F)C(F)(F)C(F)(F)C(F)(F)F.C=CC(=O)OCC. The van der Waals surface area contributed by atoms with E-state index in [0.717, 1.165) is 6.08 Å².